The van der Waals surface area contributed by atoms with Crippen LogP contribution >= 0.6 is 0 Å². The smallest absolute Gasteiger partial charge is 0.00939 e. The third kappa shape index (κ3) is 3.18. The van der Waals surface area contributed by atoms with Gasteiger partial charge in [0, 0.05) is 12.1 Å². The van der Waals surface area contributed by atoms with Crippen molar-refractivity contribution in [1.29, 1.82) is 0 Å². The maximum absolute atomic E-state index is 3.85. The lowest BCUT2D eigenvalue weighted by Crippen LogP contribution is -2.46. The molecule has 0 aromatic carbocycles. The van der Waals surface area contributed by atoms with Gasteiger partial charge in [-0.2, -0.15) is 0 Å². The van der Waals surface area contributed by atoms with E-state index in [9.17, 15) is 0 Å². The van der Waals surface area contributed by atoms with E-state index in [4.69, 9.17) is 0 Å². The normalized spacial score (nSPS) is 28.4. The van der Waals surface area contributed by atoms with Crippen LogP contribution < -0.4 is 5.32 Å². The first-order valence-corrected chi connectivity index (χ1v) is 6.70. The Kier molecular flexibility index (Phi) is 4.04. The molecule has 0 amide bonds. The molecule has 2 aliphatic rings. The third-order valence-electron chi connectivity index (χ3n) is 4.32. The van der Waals surface area contributed by atoms with Crippen molar-refractivity contribution < 1.29 is 0 Å². The molecule has 2 nitrogen and oxygen atoms in total. The van der Waals surface area contributed by atoms with Gasteiger partial charge in [0.05, 0.1) is 0 Å². The molecule has 2 fully saturated rings. The van der Waals surface area contributed by atoms with Crippen molar-refractivity contribution in [3.05, 3.63) is 0 Å². The van der Waals surface area contributed by atoms with E-state index in [0.29, 0.717) is 0 Å². The largest absolute Gasteiger partial charge is 0.311 e. The highest BCUT2D eigenvalue weighted by molar-refractivity contribution is 4.83. The van der Waals surface area contributed by atoms with Crippen molar-refractivity contribution in [3.63, 3.8) is 0 Å². The van der Waals surface area contributed by atoms with E-state index in [1.807, 2.05) is 0 Å². The predicted octanol–water partition coefficient (Wildman–Crippen LogP) is 2.25. The summed E-state index contributed by atoms with van der Waals surface area (Å²) < 4.78 is 0. The van der Waals surface area contributed by atoms with Crippen LogP contribution in [0.4, 0.5) is 0 Å². The number of rotatable bonds is 3. The fourth-order valence-corrected chi connectivity index (χ4v) is 3.14. The van der Waals surface area contributed by atoms with Gasteiger partial charge in [-0.1, -0.05) is 12.8 Å². The topological polar surface area (TPSA) is 15.3 Å². The zero-order valence-electron chi connectivity index (χ0n) is 10.3. The first-order valence-electron chi connectivity index (χ1n) is 6.70. The predicted molar refractivity (Wildman–Crippen MR) is 65.1 cm³/mol. The Morgan fingerprint density at radius 3 is 2.27 bits per heavy atom. The summed E-state index contributed by atoms with van der Waals surface area (Å²) in [5.41, 5.74) is 0. The summed E-state index contributed by atoms with van der Waals surface area (Å²) in [5, 5.41) is 3.85. The monoisotopic (exact) mass is 210 g/mol. The number of piperidine rings is 1. The number of hydrogen-bond acceptors (Lipinski definition) is 2. The zero-order chi connectivity index (χ0) is 10.7. The lowest BCUT2D eigenvalue weighted by Gasteiger charge is -2.33. The first kappa shape index (κ1) is 11.4. The van der Waals surface area contributed by atoms with Crippen LogP contribution in [0.15, 0.2) is 0 Å². The van der Waals surface area contributed by atoms with E-state index in [-0.39, 0.29) is 0 Å². The standard InChI is InChI=1S/C13H26N2/c1-11(12-5-3-4-6-12)14-13-7-9-15(2)10-8-13/h11-14H,3-10H2,1-2H3/t11-/m0/s1. The molecule has 0 aromatic rings. The van der Waals surface area contributed by atoms with E-state index in [0.717, 1.165) is 18.0 Å². The van der Waals surface area contributed by atoms with Crippen LogP contribution in [-0.4, -0.2) is 37.1 Å². The van der Waals surface area contributed by atoms with E-state index in [2.05, 4.69) is 24.2 Å². The number of hydrogen-bond donors (Lipinski definition) is 1. The van der Waals surface area contributed by atoms with Crippen molar-refractivity contribution >= 4 is 0 Å². The fourth-order valence-electron chi connectivity index (χ4n) is 3.14. The molecule has 0 aromatic heterocycles. The van der Waals surface area contributed by atoms with Crippen molar-refractivity contribution in [2.45, 2.75) is 57.5 Å². The highest BCUT2D eigenvalue weighted by Crippen LogP contribution is 2.28. The minimum absolute atomic E-state index is 0.751. The second-order valence-corrected chi connectivity index (χ2v) is 5.58. The Bertz CT molecular complexity index is 179. The number of nitrogens with zero attached hydrogens (tertiary/aromatic N) is 1. The Morgan fingerprint density at radius 2 is 1.67 bits per heavy atom. The molecule has 0 spiro atoms. The van der Waals surface area contributed by atoms with Crippen LogP contribution in [0, 0.1) is 5.92 Å². The maximum Gasteiger partial charge on any atom is 0.00939 e. The molecule has 2 rings (SSSR count). The Balaban J connectivity index is 1.71. The second kappa shape index (κ2) is 5.31. The molecule has 0 bridgehead atoms. The number of nitrogens with one attached hydrogen (secondary N) is 1. The average molecular weight is 210 g/mol. The summed E-state index contributed by atoms with van der Waals surface area (Å²) in [5.74, 6) is 0.963. The molecule has 0 unspecified atom stereocenters. The summed E-state index contributed by atoms with van der Waals surface area (Å²) in [6.45, 7) is 4.94. The van der Waals surface area contributed by atoms with Crippen LogP contribution in [0.3, 0.4) is 0 Å². The van der Waals surface area contributed by atoms with Gasteiger partial charge in [-0.05, 0) is 58.7 Å². The van der Waals surface area contributed by atoms with Gasteiger partial charge in [-0.15, -0.1) is 0 Å². The summed E-state index contributed by atoms with van der Waals surface area (Å²) in [4.78, 5) is 2.44. The number of likely N-dealkylation sites (tertiary alicyclic amines) is 1. The van der Waals surface area contributed by atoms with Crippen molar-refractivity contribution in [2.24, 2.45) is 5.92 Å². The van der Waals surface area contributed by atoms with Crippen molar-refractivity contribution in [3.8, 4) is 0 Å². The highest BCUT2D eigenvalue weighted by Gasteiger charge is 2.24. The second-order valence-electron chi connectivity index (χ2n) is 5.58. The molecule has 1 aliphatic carbocycles. The molecular formula is C13H26N2. The summed E-state index contributed by atoms with van der Waals surface area (Å²) in [6, 6.07) is 1.54. The highest BCUT2D eigenvalue weighted by atomic mass is 15.1. The van der Waals surface area contributed by atoms with E-state index >= 15 is 0 Å². The summed E-state index contributed by atoms with van der Waals surface area (Å²) in [7, 11) is 2.23. The van der Waals surface area contributed by atoms with E-state index in [1.165, 1.54) is 51.6 Å². The van der Waals surface area contributed by atoms with Crippen molar-refractivity contribution in [2.75, 3.05) is 20.1 Å². The van der Waals surface area contributed by atoms with Crippen molar-refractivity contribution in [1.82, 2.24) is 10.2 Å². The van der Waals surface area contributed by atoms with Gasteiger partial charge in [0.1, 0.15) is 0 Å². The quantitative estimate of drug-likeness (QED) is 0.768. The molecular weight excluding hydrogens is 184 g/mol. The molecule has 15 heavy (non-hydrogen) atoms. The van der Waals surface area contributed by atoms with Crippen LogP contribution in [0.25, 0.3) is 0 Å². The van der Waals surface area contributed by atoms with Gasteiger partial charge < -0.3 is 10.2 Å². The van der Waals surface area contributed by atoms with Gasteiger partial charge in [0.25, 0.3) is 0 Å². The molecule has 1 heterocycles. The molecule has 1 aliphatic heterocycles. The fraction of sp³-hybridized carbons (Fsp3) is 1.00. The molecule has 1 N–H and O–H groups in total. The van der Waals surface area contributed by atoms with Crippen LogP contribution in [0.5, 0.6) is 0 Å². The minimum atomic E-state index is 0.751. The molecule has 1 atom stereocenters. The lowest BCUT2D eigenvalue weighted by atomic mass is 9.97. The Labute approximate surface area is 94.4 Å². The Hall–Kier alpha value is -0.0800. The van der Waals surface area contributed by atoms with Crippen LogP contribution in [0.1, 0.15) is 45.4 Å². The molecule has 1 saturated heterocycles. The van der Waals surface area contributed by atoms with Gasteiger partial charge in [0.2, 0.25) is 0 Å². The molecule has 88 valence electrons. The van der Waals surface area contributed by atoms with E-state index in [1.54, 1.807) is 0 Å². The van der Waals surface area contributed by atoms with Gasteiger partial charge >= 0.3 is 0 Å². The maximum atomic E-state index is 3.85. The molecule has 1 saturated carbocycles. The molecule has 2 heteroatoms. The van der Waals surface area contributed by atoms with Crippen LogP contribution in [-0.2, 0) is 0 Å². The SMILES string of the molecule is C[C@H](NC1CCN(C)CC1)C1CCCC1. The van der Waals surface area contributed by atoms with E-state index < -0.39 is 0 Å². The third-order valence-corrected chi connectivity index (χ3v) is 4.32. The summed E-state index contributed by atoms with van der Waals surface area (Å²) in [6.07, 6.45) is 8.52. The van der Waals surface area contributed by atoms with Gasteiger partial charge in [-0.25, -0.2) is 0 Å². The average Bonchev–Trinajstić information content (AvgIpc) is 2.74. The van der Waals surface area contributed by atoms with Gasteiger partial charge in [0.15, 0.2) is 0 Å². The lowest BCUT2D eigenvalue weighted by molar-refractivity contribution is 0.213. The summed E-state index contributed by atoms with van der Waals surface area (Å²) >= 11 is 0. The van der Waals surface area contributed by atoms with Crippen LogP contribution in [0.2, 0.25) is 0 Å². The van der Waals surface area contributed by atoms with Gasteiger partial charge in [-0.3, -0.25) is 0 Å². The Morgan fingerprint density at radius 1 is 1.07 bits per heavy atom. The molecule has 0 radical (unpaired) electrons. The zero-order valence-corrected chi connectivity index (χ0v) is 10.3. The minimum Gasteiger partial charge on any atom is -0.311 e. The first-order chi connectivity index (χ1) is 7.25.